The summed E-state index contributed by atoms with van der Waals surface area (Å²) in [5, 5.41) is 1.26. The lowest BCUT2D eigenvalue weighted by Gasteiger charge is -2.25. The molecule has 17 heavy (non-hydrogen) atoms. The van der Waals surface area contributed by atoms with Crippen molar-refractivity contribution in [3.8, 4) is 0 Å². The third kappa shape index (κ3) is 2.09. The van der Waals surface area contributed by atoms with Gasteiger partial charge in [0.25, 0.3) is 0 Å². The summed E-state index contributed by atoms with van der Waals surface area (Å²) >= 11 is 1.83. The summed E-state index contributed by atoms with van der Waals surface area (Å²) in [6, 6.07) is 8.39. The second-order valence-electron chi connectivity index (χ2n) is 5.16. The Kier molecular flexibility index (Phi) is 2.89. The Hall–Kier alpha value is -0.930. The fourth-order valence-corrected chi connectivity index (χ4v) is 4.04. The van der Waals surface area contributed by atoms with Crippen LogP contribution in [0.15, 0.2) is 24.3 Å². The van der Waals surface area contributed by atoms with Gasteiger partial charge in [-0.05, 0) is 36.9 Å². The van der Waals surface area contributed by atoms with Gasteiger partial charge in [-0.1, -0.05) is 25.0 Å². The van der Waals surface area contributed by atoms with Crippen LogP contribution in [-0.2, 0) is 6.42 Å². The van der Waals surface area contributed by atoms with Gasteiger partial charge >= 0.3 is 0 Å². The molecule has 2 N–H and O–H groups in total. The predicted octanol–water partition coefficient (Wildman–Crippen LogP) is 3.36. The minimum atomic E-state index is 0.341. The number of aromatic nitrogens is 1. The van der Waals surface area contributed by atoms with Gasteiger partial charge in [0.05, 0.1) is 15.2 Å². The number of nitrogens with zero attached hydrogens (tertiary/aromatic N) is 1. The van der Waals surface area contributed by atoms with Crippen LogP contribution in [0.5, 0.6) is 0 Å². The number of nitrogens with two attached hydrogens (primary N) is 1. The SMILES string of the molecule is NCC1(Cc2nc3ccccc3s2)CCCC1. The normalized spacial score (nSPS) is 18.9. The van der Waals surface area contributed by atoms with Crippen LogP contribution in [0.25, 0.3) is 10.2 Å². The van der Waals surface area contributed by atoms with Gasteiger partial charge in [-0.3, -0.25) is 0 Å². The minimum absolute atomic E-state index is 0.341. The van der Waals surface area contributed by atoms with Gasteiger partial charge in [0.1, 0.15) is 0 Å². The molecule has 1 aliphatic carbocycles. The highest BCUT2D eigenvalue weighted by molar-refractivity contribution is 7.18. The first kappa shape index (κ1) is 11.2. The van der Waals surface area contributed by atoms with Crippen molar-refractivity contribution in [1.29, 1.82) is 0 Å². The van der Waals surface area contributed by atoms with E-state index in [-0.39, 0.29) is 0 Å². The molecule has 3 rings (SSSR count). The minimum Gasteiger partial charge on any atom is -0.330 e. The molecule has 90 valence electrons. The number of thiazole rings is 1. The zero-order valence-corrected chi connectivity index (χ0v) is 10.8. The van der Waals surface area contributed by atoms with Crippen LogP contribution in [0.2, 0.25) is 0 Å². The van der Waals surface area contributed by atoms with E-state index in [1.165, 1.54) is 35.4 Å². The van der Waals surface area contributed by atoms with Crippen LogP contribution < -0.4 is 5.73 Å². The van der Waals surface area contributed by atoms with Crippen molar-refractivity contribution in [3.05, 3.63) is 29.3 Å². The molecule has 0 amide bonds. The fraction of sp³-hybridized carbons (Fsp3) is 0.500. The molecule has 0 unspecified atom stereocenters. The molecule has 1 aromatic carbocycles. The standard InChI is InChI=1S/C14H18N2S/c15-10-14(7-3-4-8-14)9-13-16-11-5-1-2-6-12(11)17-13/h1-2,5-6H,3-4,7-10,15H2. The maximum atomic E-state index is 5.99. The molecule has 1 fully saturated rings. The van der Waals surface area contributed by atoms with Gasteiger partial charge in [0.2, 0.25) is 0 Å². The largest absolute Gasteiger partial charge is 0.330 e. The summed E-state index contributed by atoms with van der Waals surface area (Å²) in [6.45, 7) is 0.808. The Balaban J connectivity index is 1.89. The fourth-order valence-electron chi connectivity index (χ4n) is 2.89. The van der Waals surface area contributed by atoms with Crippen LogP contribution in [0.1, 0.15) is 30.7 Å². The summed E-state index contributed by atoms with van der Waals surface area (Å²) in [6.07, 6.45) is 6.30. The Morgan fingerprint density at radius 1 is 1.24 bits per heavy atom. The Bertz CT molecular complexity index is 479. The van der Waals surface area contributed by atoms with E-state index in [1.807, 2.05) is 11.3 Å². The zero-order valence-electron chi connectivity index (χ0n) is 9.98. The van der Waals surface area contributed by atoms with Crippen molar-refractivity contribution in [2.45, 2.75) is 32.1 Å². The molecule has 1 aliphatic rings. The van der Waals surface area contributed by atoms with E-state index in [0.29, 0.717) is 5.41 Å². The lowest BCUT2D eigenvalue weighted by atomic mass is 9.83. The molecule has 3 heteroatoms. The maximum absolute atomic E-state index is 5.99. The number of benzene rings is 1. The topological polar surface area (TPSA) is 38.9 Å². The molecule has 1 aromatic heterocycles. The molecule has 1 saturated carbocycles. The van der Waals surface area contributed by atoms with Crippen molar-refractivity contribution in [2.24, 2.45) is 11.1 Å². The Morgan fingerprint density at radius 2 is 2.00 bits per heavy atom. The number of hydrogen-bond donors (Lipinski definition) is 1. The molecule has 0 spiro atoms. The molecule has 1 heterocycles. The van der Waals surface area contributed by atoms with E-state index in [2.05, 4.69) is 24.3 Å². The molecule has 0 aliphatic heterocycles. The average molecular weight is 246 g/mol. The summed E-state index contributed by atoms with van der Waals surface area (Å²) in [5.41, 5.74) is 7.47. The molecule has 2 nitrogen and oxygen atoms in total. The molecule has 0 radical (unpaired) electrons. The molecule has 0 bridgehead atoms. The van der Waals surface area contributed by atoms with E-state index in [1.54, 1.807) is 0 Å². The summed E-state index contributed by atoms with van der Waals surface area (Å²) in [5.74, 6) is 0. The lowest BCUT2D eigenvalue weighted by Crippen LogP contribution is -2.29. The van der Waals surface area contributed by atoms with Crippen molar-refractivity contribution in [1.82, 2.24) is 4.98 Å². The number of hydrogen-bond acceptors (Lipinski definition) is 3. The Labute approximate surface area is 106 Å². The van der Waals surface area contributed by atoms with E-state index < -0.39 is 0 Å². The van der Waals surface area contributed by atoms with E-state index >= 15 is 0 Å². The molecular weight excluding hydrogens is 228 g/mol. The summed E-state index contributed by atoms with van der Waals surface area (Å²) in [4.78, 5) is 4.73. The number of fused-ring (bicyclic) bond motifs is 1. The first-order chi connectivity index (χ1) is 8.31. The van der Waals surface area contributed by atoms with Gasteiger partial charge in [-0.15, -0.1) is 11.3 Å². The second-order valence-corrected chi connectivity index (χ2v) is 6.28. The van der Waals surface area contributed by atoms with Crippen LogP contribution in [-0.4, -0.2) is 11.5 Å². The lowest BCUT2D eigenvalue weighted by molar-refractivity contribution is 0.306. The van der Waals surface area contributed by atoms with Gasteiger partial charge in [0.15, 0.2) is 0 Å². The third-order valence-corrected chi connectivity index (χ3v) is 5.00. The predicted molar refractivity (Wildman–Crippen MR) is 73.3 cm³/mol. The zero-order chi connectivity index (χ0) is 11.7. The van der Waals surface area contributed by atoms with Crippen molar-refractivity contribution in [3.63, 3.8) is 0 Å². The summed E-state index contributed by atoms with van der Waals surface area (Å²) < 4.78 is 1.30. The highest BCUT2D eigenvalue weighted by Gasteiger charge is 2.33. The highest BCUT2D eigenvalue weighted by atomic mass is 32.1. The van der Waals surface area contributed by atoms with E-state index in [0.717, 1.165) is 18.5 Å². The average Bonchev–Trinajstić information content (AvgIpc) is 2.95. The van der Waals surface area contributed by atoms with Crippen molar-refractivity contribution in [2.75, 3.05) is 6.54 Å². The van der Waals surface area contributed by atoms with Gasteiger partial charge in [0, 0.05) is 6.42 Å². The molecule has 2 aromatic rings. The van der Waals surface area contributed by atoms with Gasteiger partial charge in [-0.25, -0.2) is 4.98 Å². The molecule has 0 saturated heterocycles. The Morgan fingerprint density at radius 3 is 2.71 bits per heavy atom. The van der Waals surface area contributed by atoms with Crippen LogP contribution in [0, 0.1) is 5.41 Å². The van der Waals surface area contributed by atoms with E-state index in [9.17, 15) is 0 Å². The smallest absolute Gasteiger partial charge is 0.0944 e. The maximum Gasteiger partial charge on any atom is 0.0944 e. The van der Waals surface area contributed by atoms with Crippen LogP contribution in [0.4, 0.5) is 0 Å². The quantitative estimate of drug-likeness (QED) is 0.902. The highest BCUT2D eigenvalue weighted by Crippen LogP contribution is 2.41. The van der Waals surface area contributed by atoms with Crippen LogP contribution >= 0.6 is 11.3 Å². The van der Waals surface area contributed by atoms with Crippen molar-refractivity contribution >= 4 is 21.6 Å². The molecule has 0 atom stereocenters. The first-order valence-corrected chi connectivity index (χ1v) is 7.18. The van der Waals surface area contributed by atoms with Crippen LogP contribution in [0.3, 0.4) is 0 Å². The summed E-state index contributed by atoms with van der Waals surface area (Å²) in [7, 11) is 0. The molecular formula is C14H18N2S. The number of rotatable bonds is 3. The van der Waals surface area contributed by atoms with Crippen molar-refractivity contribution < 1.29 is 0 Å². The van der Waals surface area contributed by atoms with E-state index in [4.69, 9.17) is 10.7 Å². The third-order valence-electron chi connectivity index (χ3n) is 3.96. The monoisotopic (exact) mass is 246 g/mol. The first-order valence-electron chi connectivity index (χ1n) is 6.36. The van der Waals surface area contributed by atoms with Gasteiger partial charge in [-0.2, -0.15) is 0 Å². The van der Waals surface area contributed by atoms with Gasteiger partial charge < -0.3 is 5.73 Å². The second kappa shape index (κ2) is 4.39. The number of para-hydroxylation sites is 1.